The summed E-state index contributed by atoms with van der Waals surface area (Å²) < 4.78 is 6.37. The Bertz CT molecular complexity index is 1660. The number of carbonyl (C=O) groups is 1. The summed E-state index contributed by atoms with van der Waals surface area (Å²) in [5.74, 6) is 0.480. The van der Waals surface area contributed by atoms with Crippen molar-refractivity contribution in [2.75, 3.05) is 31.6 Å². The molecular weight excluding hydrogens is 580 g/mol. The van der Waals surface area contributed by atoms with E-state index in [0.717, 1.165) is 76.5 Å². The summed E-state index contributed by atoms with van der Waals surface area (Å²) in [5.41, 5.74) is 8.09. The van der Waals surface area contributed by atoms with Crippen LogP contribution in [-0.2, 0) is 11.3 Å². The van der Waals surface area contributed by atoms with Crippen LogP contribution in [0.25, 0.3) is 33.9 Å². The first-order valence-electron chi connectivity index (χ1n) is 13.5. The second-order valence-corrected chi connectivity index (χ2v) is 10.8. The Balaban J connectivity index is 1.17. The fourth-order valence-corrected chi connectivity index (χ4v) is 5.44. The summed E-state index contributed by atoms with van der Waals surface area (Å²) in [4.78, 5) is 32.4. The van der Waals surface area contributed by atoms with Gasteiger partial charge in [0.05, 0.1) is 24.6 Å². The van der Waals surface area contributed by atoms with Gasteiger partial charge in [-0.3, -0.25) is 14.7 Å². The normalized spacial score (nSPS) is 13.7. The highest BCUT2D eigenvalue weighted by molar-refractivity contribution is 9.10. The highest BCUT2D eigenvalue weighted by atomic mass is 79.9. The SMILES string of the molecule is Cc1c[nH]c(-c2ccc(NC(=O)c3ccc(CN4CCOCC4)c(Br)c3)cc2)c1-c1nccc(-c2cccnc2)n1. The number of H-pyrrole nitrogens is 1. The molecule has 3 aromatic heterocycles. The van der Waals surface area contributed by atoms with Crippen LogP contribution in [0, 0.1) is 6.92 Å². The molecule has 206 valence electrons. The molecular formula is C32H29BrN6O2. The Morgan fingerprint density at radius 1 is 1.05 bits per heavy atom. The molecule has 6 rings (SSSR count). The van der Waals surface area contributed by atoms with Crippen LogP contribution >= 0.6 is 15.9 Å². The molecule has 0 unspecified atom stereocenters. The number of halogens is 1. The van der Waals surface area contributed by atoms with E-state index in [2.05, 4.69) is 41.1 Å². The molecule has 0 spiro atoms. The van der Waals surface area contributed by atoms with E-state index >= 15 is 0 Å². The number of nitrogens with one attached hydrogen (secondary N) is 2. The summed E-state index contributed by atoms with van der Waals surface area (Å²) in [6.45, 7) is 6.21. The molecule has 1 saturated heterocycles. The van der Waals surface area contributed by atoms with E-state index in [1.807, 2.05) is 73.8 Å². The number of benzene rings is 2. The summed E-state index contributed by atoms with van der Waals surface area (Å²) in [6.07, 6.45) is 7.27. The molecule has 0 atom stereocenters. The largest absolute Gasteiger partial charge is 0.379 e. The fraction of sp³-hybridized carbons (Fsp3) is 0.188. The minimum atomic E-state index is -0.159. The van der Waals surface area contributed by atoms with Gasteiger partial charge in [-0.25, -0.2) is 9.97 Å². The molecule has 0 saturated carbocycles. The molecule has 1 aliphatic rings. The van der Waals surface area contributed by atoms with Crippen LogP contribution in [0.3, 0.4) is 0 Å². The third-order valence-corrected chi connectivity index (χ3v) is 7.90. The zero-order chi connectivity index (χ0) is 28.2. The molecule has 1 aliphatic heterocycles. The van der Waals surface area contributed by atoms with Crippen molar-refractivity contribution >= 4 is 27.5 Å². The molecule has 41 heavy (non-hydrogen) atoms. The first-order valence-corrected chi connectivity index (χ1v) is 14.3. The van der Waals surface area contributed by atoms with Crippen molar-refractivity contribution in [3.05, 3.63) is 107 Å². The maximum Gasteiger partial charge on any atom is 0.255 e. The Morgan fingerprint density at radius 2 is 1.88 bits per heavy atom. The van der Waals surface area contributed by atoms with E-state index in [4.69, 9.17) is 9.72 Å². The van der Waals surface area contributed by atoms with E-state index in [1.54, 1.807) is 18.6 Å². The Hall–Kier alpha value is -4.18. The number of rotatable bonds is 7. The lowest BCUT2D eigenvalue weighted by Crippen LogP contribution is -2.35. The van der Waals surface area contributed by atoms with Crippen LogP contribution in [0.15, 0.2) is 89.9 Å². The molecule has 1 fully saturated rings. The summed E-state index contributed by atoms with van der Waals surface area (Å²) in [6, 6.07) is 19.3. The molecule has 2 aromatic carbocycles. The molecule has 0 aliphatic carbocycles. The summed E-state index contributed by atoms with van der Waals surface area (Å²) in [7, 11) is 0. The first-order chi connectivity index (χ1) is 20.0. The van der Waals surface area contributed by atoms with Crippen LogP contribution in [-0.4, -0.2) is 57.0 Å². The van der Waals surface area contributed by atoms with E-state index < -0.39 is 0 Å². The lowest BCUT2D eigenvalue weighted by molar-refractivity contribution is 0.0341. The zero-order valence-electron chi connectivity index (χ0n) is 22.6. The van der Waals surface area contributed by atoms with Crippen molar-refractivity contribution in [3.8, 4) is 33.9 Å². The minimum Gasteiger partial charge on any atom is -0.379 e. The number of hydrogen-bond acceptors (Lipinski definition) is 6. The van der Waals surface area contributed by atoms with Gasteiger partial charge < -0.3 is 15.0 Å². The third kappa shape index (κ3) is 6.12. The molecule has 2 N–H and O–H groups in total. The second kappa shape index (κ2) is 12.1. The fourth-order valence-electron chi connectivity index (χ4n) is 4.93. The van der Waals surface area contributed by atoms with Crippen molar-refractivity contribution in [2.45, 2.75) is 13.5 Å². The van der Waals surface area contributed by atoms with Gasteiger partial charge in [-0.1, -0.05) is 34.1 Å². The van der Waals surface area contributed by atoms with Crippen molar-refractivity contribution in [1.82, 2.24) is 24.8 Å². The zero-order valence-corrected chi connectivity index (χ0v) is 24.2. The molecule has 0 bridgehead atoms. The van der Waals surface area contributed by atoms with Crippen LogP contribution in [0.5, 0.6) is 0 Å². The minimum absolute atomic E-state index is 0.159. The number of ether oxygens (including phenoxy) is 1. The predicted octanol–water partition coefficient (Wildman–Crippen LogP) is 6.36. The molecule has 4 heterocycles. The van der Waals surface area contributed by atoms with Gasteiger partial charge in [0, 0.05) is 71.3 Å². The number of anilines is 1. The van der Waals surface area contributed by atoms with Crippen molar-refractivity contribution < 1.29 is 9.53 Å². The summed E-state index contributed by atoms with van der Waals surface area (Å²) in [5, 5.41) is 3.01. The average Bonchev–Trinajstić information content (AvgIpc) is 3.40. The predicted molar refractivity (Wildman–Crippen MR) is 163 cm³/mol. The van der Waals surface area contributed by atoms with Crippen LogP contribution in [0.4, 0.5) is 5.69 Å². The molecule has 5 aromatic rings. The van der Waals surface area contributed by atoms with Gasteiger partial charge in [0.25, 0.3) is 5.91 Å². The number of carbonyl (C=O) groups excluding carboxylic acids is 1. The number of amides is 1. The number of hydrogen-bond donors (Lipinski definition) is 2. The number of nitrogens with zero attached hydrogens (tertiary/aromatic N) is 4. The quantitative estimate of drug-likeness (QED) is 0.223. The number of aromatic nitrogens is 4. The Labute approximate surface area is 247 Å². The van der Waals surface area contributed by atoms with Crippen molar-refractivity contribution in [3.63, 3.8) is 0 Å². The number of pyridine rings is 1. The molecule has 9 heteroatoms. The monoisotopic (exact) mass is 608 g/mol. The summed E-state index contributed by atoms with van der Waals surface area (Å²) >= 11 is 3.65. The van der Waals surface area contributed by atoms with Gasteiger partial charge in [-0.15, -0.1) is 0 Å². The topological polar surface area (TPSA) is 96.0 Å². The van der Waals surface area contributed by atoms with Gasteiger partial charge in [0.15, 0.2) is 5.82 Å². The van der Waals surface area contributed by atoms with Crippen LogP contribution in [0.1, 0.15) is 21.5 Å². The lowest BCUT2D eigenvalue weighted by atomic mass is 10.0. The smallest absolute Gasteiger partial charge is 0.255 e. The maximum absolute atomic E-state index is 13.0. The average molecular weight is 610 g/mol. The standard InChI is InChI=1S/C32H29BrN6O2/c1-21-18-36-30(29(21)31-35-12-10-28(38-31)24-3-2-11-34-19-24)22-6-8-26(9-7-22)37-32(40)23-4-5-25(27(33)17-23)20-39-13-15-41-16-14-39/h2-12,17-19,36H,13-16,20H2,1H3,(H,37,40). The van der Waals surface area contributed by atoms with Crippen LogP contribution in [0.2, 0.25) is 0 Å². The van der Waals surface area contributed by atoms with Gasteiger partial charge >= 0.3 is 0 Å². The Kier molecular flexibility index (Phi) is 8.00. The number of aryl methyl sites for hydroxylation is 1. The lowest BCUT2D eigenvalue weighted by Gasteiger charge is -2.27. The number of morpholine rings is 1. The highest BCUT2D eigenvalue weighted by Gasteiger charge is 2.17. The third-order valence-electron chi connectivity index (χ3n) is 7.16. The van der Waals surface area contributed by atoms with E-state index in [-0.39, 0.29) is 5.91 Å². The maximum atomic E-state index is 13.0. The molecule has 1 amide bonds. The first kappa shape index (κ1) is 27.0. The van der Waals surface area contributed by atoms with Crippen molar-refractivity contribution in [1.29, 1.82) is 0 Å². The molecule has 8 nitrogen and oxygen atoms in total. The van der Waals surface area contributed by atoms with E-state index in [0.29, 0.717) is 17.1 Å². The highest BCUT2D eigenvalue weighted by Crippen LogP contribution is 2.33. The number of aromatic amines is 1. The van der Waals surface area contributed by atoms with E-state index in [1.165, 1.54) is 0 Å². The van der Waals surface area contributed by atoms with Gasteiger partial charge in [-0.05, 0) is 66.1 Å². The van der Waals surface area contributed by atoms with Crippen LogP contribution < -0.4 is 5.32 Å². The van der Waals surface area contributed by atoms with Gasteiger partial charge in [-0.2, -0.15) is 0 Å². The van der Waals surface area contributed by atoms with Gasteiger partial charge in [0.1, 0.15) is 0 Å². The van der Waals surface area contributed by atoms with Crippen molar-refractivity contribution in [2.24, 2.45) is 0 Å². The second-order valence-electron chi connectivity index (χ2n) is 9.96. The van der Waals surface area contributed by atoms with Gasteiger partial charge in [0.2, 0.25) is 0 Å². The van der Waals surface area contributed by atoms with E-state index in [9.17, 15) is 4.79 Å². The molecule has 0 radical (unpaired) electrons. The Morgan fingerprint density at radius 3 is 2.63 bits per heavy atom.